The van der Waals surface area contributed by atoms with E-state index >= 15 is 0 Å². The average molecular weight is 464 g/mol. The zero-order valence-corrected chi connectivity index (χ0v) is 19.7. The highest BCUT2D eigenvalue weighted by molar-refractivity contribution is 6.00. The number of nitrogens with one attached hydrogen (secondary N) is 1. The van der Waals surface area contributed by atoms with Crippen LogP contribution in [0.4, 0.5) is 5.69 Å². The Bertz CT molecular complexity index is 985. The number of anilines is 1. The lowest BCUT2D eigenvalue weighted by atomic mass is 9.94. The standard InChI is InChI=1S/C27H33N3O4/c1-34-24-11-9-23(10-12-24)30-19-22(18-25(30)31)27(33)29-16-13-21(14-17-29)26(32)28-15-5-8-20-6-3-2-4-7-20/h2-4,6-7,9-12,21-22H,5,8,13-19H2,1H3,(H,28,32)/t22-/m1/s1. The second-order valence-electron chi connectivity index (χ2n) is 9.08. The lowest BCUT2D eigenvalue weighted by molar-refractivity contribution is -0.139. The molecule has 0 aliphatic carbocycles. The Morgan fingerprint density at radius 1 is 1.00 bits per heavy atom. The molecule has 1 atom stereocenters. The van der Waals surface area contributed by atoms with Gasteiger partial charge in [0.05, 0.1) is 13.0 Å². The second-order valence-corrected chi connectivity index (χ2v) is 9.08. The number of carbonyl (C=O) groups excluding carboxylic acids is 3. The summed E-state index contributed by atoms with van der Waals surface area (Å²) in [6.45, 7) is 2.19. The number of likely N-dealkylation sites (tertiary alicyclic amines) is 1. The van der Waals surface area contributed by atoms with Crippen LogP contribution >= 0.6 is 0 Å². The third-order valence-corrected chi connectivity index (χ3v) is 6.82. The van der Waals surface area contributed by atoms with Crippen LogP contribution in [-0.2, 0) is 20.8 Å². The van der Waals surface area contributed by atoms with E-state index in [9.17, 15) is 14.4 Å². The van der Waals surface area contributed by atoms with Crippen molar-refractivity contribution in [3.8, 4) is 5.75 Å². The highest BCUT2D eigenvalue weighted by Crippen LogP contribution is 2.29. The molecule has 1 N–H and O–H groups in total. The minimum atomic E-state index is -0.335. The number of amides is 3. The fourth-order valence-electron chi connectivity index (χ4n) is 4.80. The molecule has 0 spiro atoms. The van der Waals surface area contributed by atoms with Gasteiger partial charge in [-0.2, -0.15) is 0 Å². The summed E-state index contributed by atoms with van der Waals surface area (Å²) in [5, 5.41) is 3.06. The number of aryl methyl sites for hydroxylation is 1. The second kappa shape index (κ2) is 11.2. The Balaban J connectivity index is 1.20. The van der Waals surface area contributed by atoms with Gasteiger partial charge in [-0.1, -0.05) is 30.3 Å². The molecule has 0 radical (unpaired) electrons. The number of benzene rings is 2. The van der Waals surface area contributed by atoms with Gasteiger partial charge in [-0.25, -0.2) is 0 Å². The Hall–Kier alpha value is -3.35. The quantitative estimate of drug-likeness (QED) is 0.611. The molecule has 0 unspecified atom stereocenters. The van der Waals surface area contributed by atoms with Crippen molar-refractivity contribution >= 4 is 23.4 Å². The Morgan fingerprint density at radius 3 is 2.38 bits per heavy atom. The largest absolute Gasteiger partial charge is 0.497 e. The van der Waals surface area contributed by atoms with Crippen LogP contribution in [0.5, 0.6) is 5.75 Å². The monoisotopic (exact) mass is 463 g/mol. The predicted octanol–water partition coefficient (Wildman–Crippen LogP) is 3.04. The molecule has 2 aromatic carbocycles. The van der Waals surface area contributed by atoms with Gasteiger partial charge >= 0.3 is 0 Å². The Kier molecular flexibility index (Phi) is 7.83. The van der Waals surface area contributed by atoms with Crippen molar-refractivity contribution in [1.82, 2.24) is 10.2 Å². The smallest absolute Gasteiger partial charge is 0.228 e. The van der Waals surface area contributed by atoms with Crippen LogP contribution < -0.4 is 15.0 Å². The number of ether oxygens (including phenoxy) is 1. The minimum absolute atomic E-state index is 0.0195. The molecule has 34 heavy (non-hydrogen) atoms. The van der Waals surface area contributed by atoms with Gasteiger partial charge in [0.2, 0.25) is 17.7 Å². The molecule has 2 aromatic rings. The zero-order valence-electron chi connectivity index (χ0n) is 19.7. The number of hydrogen-bond acceptors (Lipinski definition) is 4. The van der Waals surface area contributed by atoms with Crippen molar-refractivity contribution in [2.75, 3.05) is 38.2 Å². The van der Waals surface area contributed by atoms with Crippen molar-refractivity contribution < 1.29 is 19.1 Å². The molecule has 0 saturated carbocycles. The molecule has 3 amide bonds. The Morgan fingerprint density at radius 2 is 1.71 bits per heavy atom. The molecule has 7 nitrogen and oxygen atoms in total. The third kappa shape index (κ3) is 5.76. The summed E-state index contributed by atoms with van der Waals surface area (Å²) in [5.74, 6) is 0.409. The number of rotatable bonds is 8. The topological polar surface area (TPSA) is 79.0 Å². The van der Waals surface area contributed by atoms with E-state index < -0.39 is 0 Å². The van der Waals surface area contributed by atoms with Gasteiger partial charge in [-0.15, -0.1) is 0 Å². The number of hydrogen-bond donors (Lipinski definition) is 1. The molecule has 180 valence electrons. The van der Waals surface area contributed by atoms with E-state index in [1.54, 1.807) is 12.0 Å². The van der Waals surface area contributed by atoms with Crippen molar-refractivity contribution in [2.24, 2.45) is 11.8 Å². The number of methoxy groups -OCH3 is 1. The summed E-state index contributed by atoms with van der Waals surface area (Å²) < 4.78 is 5.18. The summed E-state index contributed by atoms with van der Waals surface area (Å²) in [6.07, 6.45) is 3.42. The van der Waals surface area contributed by atoms with Gasteiger partial charge in [0.25, 0.3) is 0 Å². The summed E-state index contributed by atoms with van der Waals surface area (Å²) in [4.78, 5) is 41.7. The molecular formula is C27H33N3O4. The number of carbonyl (C=O) groups is 3. The third-order valence-electron chi connectivity index (χ3n) is 6.82. The van der Waals surface area contributed by atoms with Crippen LogP contribution in [0, 0.1) is 11.8 Å². The lowest BCUT2D eigenvalue weighted by Crippen LogP contribution is -2.45. The van der Waals surface area contributed by atoms with Crippen molar-refractivity contribution in [2.45, 2.75) is 32.1 Å². The molecule has 2 fully saturated rings. The van der Waals surface area contributed by atoms with Gasteiger partial charge in [0, 0.05) is 44.2 Å². The highest BCUT2D eigenvalue weighted by atomic mass is 16.5. The fraction of sp³-hybridized carbons (Fsp3) is 0.444. The first-order valence-electron chi connectivity index (χ1n) is 12.1. The Labute approximate surface area is 201 Å². The summed E-state index contributed by atoms with van der Waals surface area (Å²) in [6, 6.07) is 17.6. The zero-order chi connectivity index (χ0) is 23.9. The van der Waals surface area contributed by atoms with Crippen molar-refractivity contribution in [3.63, 3.8) is 0 Å². The molecule has 2 heterocycles. The average Bonchev–Trinajstić information content (AvgIpc) is 3.28. The SMILES string of the molecule is COc1ccc(N2C[C@H](C(=O)N3CCC(C(=O)NCCCc4ccccc4)CC3)CC2=O)cc1. The summed E-state index contributed by atoms with van der Waals surface area (Å²) in [7, 11) is 1.60. The van der Waals surface area contributed by atoms with Crippen LogP contribution in [0.2, 0.25) is 0 Å². The first-order chi connectivity index (χ1) is 16.5. The van der Waals surface area contributed by atoms with E-state index in [-0.39, 0.29) is 36.0 Å². The molecule has 2 saturated heterocycles. The van der Waals surface area contributed by atoms with Gasteiger partial charge in [-0.3, -0.25) is 14.4 Å². The summed E-state index contributed by atoms with van der Waals surface area (Å²) in [5.41, 5.74) is 2.06. The maximum absolute atomic E-state index is 13.1. The number of nitrogens with zero attached hydrogens (tertiary/aromatic N) is 2. The fourth-order valence-corrected chi connectivity index (χ4v) is 4.80. The molecule has 4 rings (SSSR count). The first-order valence-corrected chi connectivity index (χ1v) is 12.1. The van der Waals surface area contributed by atoms with Crippen LogP contribution in [0.1, 0.15) is 31.2 Å². The van der Waals surface area contributed by atoms with E-state index in [0.717, 1.165) is 24.3 Å². The molecule has 0 bridgehead atoms. The molecular weight excluding hydrogens is 430 g/mol. The molecule has 0 aromatic heterocycles. The van der Waals surface area contributed by atoms with E-state index in [0.29, 0.717) is 39.0 Å². The highest BCUT2D eigenvalue weighted by Gasteiger charge is 2.38. The van der Waals surface area contributed by atoms with Crippen molar-refractivity contribution in [1.29, 1.82) is 0 Å². The molecule has 7 heteroatoms. The van der Waals surface area contributed by atoms with E-state index in [1.165, 1.54) is 5.56 Å². The normalized spacial score (nSPS) is 18.7. The van der Waals surface area contributed by atoms with Crippen LogP contribution in [0.25, 0.3) is 0 Å². The maximum atomic E-state index is 13.1. The predicted molar refractivity (Wildman–Crippen MR) is 131 cm³/mol. The van der Waals surface area contributed by atoms with E-state index in [4.69, 9.17) is 4.74 Å². The van der Waals surface area contributed by atoms with Crippen LogP contribution in [-0.4, -0.2) is 55.9 Å². The molecule has 2 aliphatic rings. The molecule has 2 aliphatic heterocycles. The van der Waals surface area contributed by atoms with Gasteiger partial charge in [0.1, 0.15) is 5.75 Å². The van der Waals surface area contributed by atoms with Gasteiger partial charge < -0.3 is 19.9 Å². The summed E-state index contributed by atoms with van der Waals surface area (Å²) >= 11 is 0. The van der Waals surface area contributed by atoms with E-state index in [1.807, 2.05) is 47.4 Å². The lowest BCUT2D eigenvalue weighted by Gasteiger charge is -2.33. The van der Waals surface area contributed by atoms with E-state index in [2.05, 4.69) is 17.4 Å². The van der Waals surface area contributed by atoms with Crippen molar-refractivity contribution in [3.05, 3.63) is 60.2 Å². The van der Waals surface area contributed by atoms with Crippen LogP contribution in [0.15, 0.2) is 54.6 Å². The maximum Gasteiger partial charge on any atom is 0.228 e. The van der Waals surface area contributed by atoms with Crippen LogP contribution in [0.3, 0.4) is 0 Å². The first kappa shape index (κ1) is 23.8. The van der Waals surface area contributed by atoms with Gasteiger partial charge in [0.15, 0.2) is 0 Å². The minimum Gasteiger partial charge on any atom is -0.497 e. The number of piperidine rings is 1. The van der Waals surface area contributed by atoms with Gasteiger partial charge in [-0.05, 0) is 55.5 Å².